The van der Waals surface area contributed by atoms with Crippen LogP contribution < -0.4 is 21.1 Å². The van der Waals surface area contributed by atoms with Crippen LogP contribution in [0.2, 0.25) is 0 Å². The van der Waals surface area contributed by atoms with E-state index in [1.54, 1.807) is 22.8 Å². The third kappa shape index (κ3) is 3.94. The number of rotatable bonds is 6. The lowest BCUT2D eigenvalue weighted by Crippen LogP contribution is -2.28. The monoisotopic (exact) mass is 495 g/mol. The summed E-state index contributed by atoms with van der Waals surface area (Å²) in [5.74, 6) is 0.812. The Morgan fingerprint density at radius 2 is 2.00 bits per heavy atom. The number of hydrogen-bond acceptors (Lipinski definition) is 7. The minimum atomic E-state index is -0.468. The van der Waals surface area contributed by atoms with E-state index in [1.165, 1.54) is 28.8 Å². The molecule has 0 aliphatic carbocycles. The Kier molecular flexibility index (Phi) is 5.45. The predicted octanol–water partition coefficient (Wildman–Crippen LogP) is 3.03. The number of carbonyl (C=O) groups excluding carboxylic acids is 2. The minimum Gasteiger partial charge on any atom is -0.444 e. The number of thioether (sulfide) groups is 1. The van der Waals surface area contributed by atoms with Crippen LogP contribution in [0.3, 0.4) is 0 Å². The molecule has 2 amide bonds. The van der Waals surface area contributed by atoms with Gasteiger partial charge in [0, 0.05) is 18.2 Å². The molecule has 1 aromatic carbocycles. The van der Waals surface area contributed by atoms with Crippen LogP contribution in [0.1, 0.15) is 24.4 Å². The average molecular weight is 496 g/mol. The quantitative estimate of drug-likeness (QED) is 0.507. The van der Waals surface area contributed by atoms with Gasteiger partial charge in [-0.2, -0.15) is 0 Å². The zero-order valence-corrected chi connectivity index (χ0v) is 19.4. The standard InChI is InChI=1S/C24H22FN5O4S/c25-15-5-3-13-4-8-20(32)30-11-16(21(15)22(13)30)26-9-1-2-14-10-29(24(33)34-14)18-7-6-17-23(27-18)28-19(31)12-35-17/h3-8,14,16,26H,1-2,9-12H2,(H,27,28,31)/t14-,16?/m1/s1. The van der Waals surface area contributed by atoms with Crippen molar-refractivity contribution in [2.75, 3.05) is 29.1 Å². The van der Waals surface area contributed by atoms with E-state index in [2.05, 4.69) is 15.6 Å². The molecule has 0 radical (unpaired) electrons. The SMILES string of the molecule is O=C1CSc2ccc(N3C[C@@H](CCCNC4Cn5c(=O)ccc6ccc(F)c4c65)OC3=O)nc2N1. The van der Waals surface area contributed by atoms with E-state index in [-0.39, 0.29) is 29.4 Å². The molecular formula is C24H22FN5O4S. The minimum absolute atomic E-state index is 0.118. The first-order chi connectivity index (χ1) is 17.0. The van der Waals surface area contributed by atoms with Crippen molar-refractivity contribution >= 4 is 46.3 Å². The van der Waals surface area contributed by atoms with Crippen molar-refractivity contribution in [3.05, 3.63) is 58.1 Å². The van der Waals surface area contributed by atoms with Gasteiger partial charge in [0.2, 0.25) is 5.91 Å². The van der Waals surface area contributed by atoms with Crippen LogP contribution in [0.25, 0.3) is 10.9 Å². The van der Waals surface area contributed by atoms with Gasteiger partial charge in [0.25, 0.3) is 5.56 Å². The van der Waals surface area contributed by atoms with E-state index in [1.807, 2.05) is 6.07 Å². The maximum Gasteiger partial charge on any atom is 0.415 e. The normalized spacial score (nSPS) is 20.8. The molecule has 3 aliphatic heterocycles. The fourth-order valence-electron chi connectivity index (χ4n) is 4.92. The summed E-state index contributed by atoms with van der Waals surface area (Å²) in [6, 6.07) is 9.68. The van der Waals surface area contributed by atoms with Crippen molar-refractivity contribution in [1.82, 2.24) is 14.9 Å². The van der Waals surface area contributed by atoms with Gasteiger partial charge in [-0.1, -0.05) is 0 Å². The summed E-state index contributed by atoms with van der Waals surface area (Å²) in [5.41, 5.74) is 1.05. The molecule has 0 spiro atoms. The summed E-state index contributed by atoms with van der Waals surface area (Å²) in [5, 5.41) is 6.94. The van der Waals surface area contributed by atoms with E-state index in [4.69, 9.17) is 4.74 Å². The van der Waals surface area contributed by atoms with Gasteiger partial charge in [-0.05, 0) is 55.1 Å². The summed E-state index contributed by atoms with van der Waals surface area (Å²) in [4.78, 5) is 43.1. The first-order valence-corrected chi connectivity index (χ1v) is 12.4. The predicted molar refractivity (Wildman–Crippen MR) is 129 cm³/mol. The molecule has 3 aromatic rings. The number of amides is 2. The molecule has 5 heterocycles. The maximum atomic E-state index is 14.6. The number of fused-ring (bicyclic) bond motifs is 1. The van der Waals surface area contributed by atoms with Crippen LogP contribution in [0.4, 0.5) is 20.8 Å². The second-order valence-electron chi connectivity index (χ2n) is 8.80. The second-order valence-corrected chi connectivity index (χ2v) is 9.82. The van der Waals surface area contributed by atoms with E-state index < -0.39 is 6.09 Å². The Labute approximate surface area is 203 Å². The van der Waals surface area contributed by atoms with Crippen LogP contribution in [0, 0.1) is 5.82 Å². The van der Waals surface area contributed by atoms with Crippen LogP contribution in [0.15, 0.2) is 46.1 Å². The van der Waals surface area contributed by atoms with E-state index in [0.717, 1.165) is 10.3 Å². The van der Waals surface area contributed by atoms with Gasteiger partial charge in [-0.15, -0.1) is 11.8 Å². The number of anilines is 2. The smallest absolute Gasteiger partial charge is 0.415 e. The zero-order valence-electron chi connectivity index (χ0n) is 18.6. The van der Waals surface area contributed by atoms with Gasteiger partial charge in [0.15, 0.2) is 0 Å². The summed E-state index contributed by atoms with van der Waals surface area (Å²) < 4.78 is 21.8. The van der Waals surface area contributed by atoms with Gasteiger partial charge in [0.1, 0.15) is 23.6 Å². The molecule has 2 N–H and O–H groups in total. The van der Waals surface area contributed by atoms with Gasteiger partial charge in [-0.25, -0.2) is 14.2 Å². The van der Waals surface area contributed by atoms with Crippen molar-refractivity contribution in [3.8, 4) is 0 Å². The molecule has 9 nitrogen and oxygen atoms in total. The molecular weight excluding hydrogens is 473 g/mol. The summed E-state index contributed by atoms with van der Waals surface area (Å²) in [7, 11) is 0. The molecule has 0 bridgehead atoms. The molecule has 11 heteroatoms. The largest absolute Gasteiger partial charge is 0.444 e. The molecule has 0 saturated carbocycles. The van der Waals surface area contributed by atoms with Crippen LogP contribution in [0.5, 0.6) is 0 Å². The van der Waals surface area contributed by atoms with E-state index in [0.29, 0.717) is 60.9 Å². The third-order valence-electron chi connectivity index (χ3n) is 6.55. The number of aromatic nitrogens is 2. The highest BCUT2D eigenvalue weighted by molar-refractivity contribution is 8.00. The van der Waals surface area contributed by atoms with Gasteiger partial charge in [0.05, 0.1) is 28.8 Å². The summed E-state index contributed by atoms with van der Waals surface area (Å²) in [6.45, 7) is 1.33. The zero-order chi connectivity index (χ0) is 24.1. The summed E-state index contributed by atoms with van der Waals surface area (Å²) in [6.07, 6.45) is 0.563. The lowest BCUT2D eigenvalue weighted by Gasteiger charge is -2.18. The van der Waals surface area contributed by atoms with Gasteiger partial charge >= 0.3 is 6.09 Å². The van der Waals surface area contributed by atoms with Crippen LogP contribution >= 0.6 is 11.8 Å². The second kappa shape index (κ2) is 8.65. The highest BCUT2D eigenvalue weighted by Crippen LogP contribution is 2.34. The van der Waals surface area contributed by atoms with Crippen molar-refractivity contribution in [1.29, 1.82) is 0 Å². The third-order valence-corrected chi connectivity index (χ3v) is 7.60. The van der Waals surface area contributed by atoms with Crippen molar-refractivity contribution in [3.63, 3.8) is 0 Å². The Balaban J connectivity index is 1.06. The molecule has 1 saturated heterocycles. The topological polar surface area (TPSA) is 106 Å². The number of carbonyl (C=O) groups is 2. The van der Waals surface area contributed by atoms with Crippen molar-refractivity contribution in [2.45, 2.75) is 36.4 Å². The maximum absolute atomic E-state index is 14.6. The average Bonchev–Trinajstić information content (AvgIpc) is 3.42. The summed E-state index contributed by atoms with van der Waals surface area (Å²) >= 11 is 1.41. The fraction of sp³-hybridized carbons (Fsp3) is 0.333. The Hall–Kier alpha value is -3.44. The van der Waals surface area contributed by atoms with Gasteiger partial charge in [-0.3, -0.25) is 14.5 Å². The number of benzene rings is 1. The lowest BCUT2D eigenvalue weighted by atomic mass is 10.1. The molecule has 1 unspecified atom stereocenters. The van der Waals surface area contributed by atoms with Crippen molar-refractivity contribution < 1.29 is 18.7 Å². The van der Waals surface area contributed by atoms with Crippen LogP contribution in [-0.2, 0) is 16.1 Å². The first-order valence-electron chi connectivity index (χ1n) is 11.4. The first kappa shape index (κ1) is 22.1. The number of cyclic esters (lactones) is 1. The van der Waals surface area contributed by atoms with Crippen molar-refractivity contribution in [2.24, 2.45) is 0 Å². The van der Waals surface area contributed by atoms with E-state index >= 15 is 0 Å². The molecule has 180 valence electrons. The van der Waals surface area contributed by atoms with Gasteiger partial charge < -0.3 is 19.9 Å². The number of halogens is 1. The highest BCUT2D eigenvalue weighted by atomic mass is 32.2. The molecule has 1 fully saturated rings. The number of ether oxygens (including phenoxy) is 1. The number of hydrogen-bond donors (Lipinski definition) is 2. The number of nitrogens with zero attached hydrogens (tertiary/aromatic N) is 3. The Morgan fingerprint density at radius 1 is 1.14 bits per heavy atom. The molecule has 6 rings (SSSR count). The fourth-order valence-corrected chi connectivity index (χ4v) is 5.68. The molecule has 3 aliphatic rings. The molecule has 35 heavy (non-hydrogen) atoms. The lowest BCUT2D eigenvalue weighted by molar-refractivity contribution is -0.113. The van der Waals surface area contributed by atoms with Crippen LogP contribution in [-0.4, -0.2) is 46.5 Å². The van der Waals surface area contributed by atoms with E-state index in [9.17, 15) is 18.8 Å². The number of nitrogens with one attached hydrogen (secondary N) is 2. The Morgan fingerprint density at radius 3 is 2.89 bits per heavy atom. The Bertz CT molecular complexity index is 1430. The highest BCUT2D eigenvalue weighted by Gasteiger charge is 2.34. The molecule has 2 aromatic heterocycles. The number of pyridine rings is 2. The molecule has 2 atom stereocenters.